The molecule has 0 bridgehead atoms. The molecule has 0 spiro atoms. The lowest BCUT2D eigenvalue weighted by molar-refractivity contribution is 0.621. The second-order valence-electron chi connectivity index (χ2n) is 2.21. The van der Waals surface area contributed by atoms with Crippen LogP contribution in [0.15, 0.2) is 12.3 Å². The first kappa shape index (κ1) is 7.65. The Bertz CT molecular complexity index is 296. The minimum Gasteiger partial charge on any atom is -0.383 e. The molecule has 0 amide bonds. The Morgan fingerprint density at radius 1 is 1.73 bits per heavy atom. The fraction of sp³-hybridized carbons (Fsp3) is 0.143. The first-order valence-corrected chi connectivity index (χ1v) is 3.08. The monoisotopic (exact) mass is 153 g/mol. The van der Waals surface area contributed by atoms with E-state index in [1.54, 1.807) is 0 Å². The molecule has 0 saturated carbocycles. The Morgan fingerprint density at radius 3 is 2.82 bits per heavy atom. The van der Waals surface area contributed by atoms with E-state index in [1.165, 1.54) is 13.0 Å². The molecule has 3 nitrogen and oxygen atoms in total. The minimum absolute atomic E-state index is 0.193. The van der Waals surface area contributed by atoms with Gasteiger partial charge < -0.3 is 11.1 Å². The van der Waals surface area contributed by atoms with Gasteiger partial charge in [-0.15, -0.1) is 0 Å². The van der Waals surface area contributed by atoms with E-state index in [9.17, 15) is 4.39 Å². The van der Waals surface area contributed by atoms with Crippen molar-refractivity contribution in [3.05, 3.63) is 23.6 Å². The van der Waals surface area contributed by atoms with Crippen molar-refractivity contribution in [1.29, 1.82) is 5.41 Å². The van der Waals surface area contributed by atoms with Gasteiger partial charge in [-0.1, -0.05) is 0 Å². The molecule has 0 fully saturated rings. The van der Waals surface area contributed by atoms with Gasteiger partial charge in [0.05, 0.1) is 6.20 Å². The van der Waals surface area contributed by atoms with Crippen molar-refractivity contribution < 1.29 is 4.39 Å². The van der Waals surface area contributed by atoms with Crippen molar-refractivity contribution in [3.63, 3.8) is 0 Å². The van der Waals surface area contributed by atoms with Crippen LogP contribution >= 0.6 is 0 Å². The molecule has 0 unspecified atom stereocenters. The summed E-state index contributed by atoms with van der Waals surface area (Å²) in [5.74, 6) is -0.278. The van der Waals surface area contributed by atoms with Crippen LogP contribution < -0.4 is 5.73 Å². The van der Waals surface area contributed by atoms with Crippen molar-refractivity contribution >= 4 is 11.5 Å². The Labute approximate surface area is 63.6 Å². The highest BCUT2D eigenvalue weighted by Gasteiger charge is 2.03. The van der Waals surface area contributed by atoms with Gasteiger partial charge in [0.2, 0.25) is 0 Å². The fourth-order valence-electron chi connectivity index (χ4n) is 0.750. The summed E-state index contributed by atoms with van der Waals surface area (Å²) in [6.45, 7) is 1.53. The van der Waals surface area contributed by atoms with E-state index in [0.717, 1.165) is 6.20 Å². The number of halogens is 1. The lowest BCUT2D eigenvalue weighted by atomic mass is 10.2. The highest BCUT2D eigenvalue weighted by Crippen LogP contribution is 2.09. The van der Waals surface area contributed by atoms with Gasteiger partial charge in [-0.3, -0.25) is 0 Å². The zero-order valence-corrected chi connectivity index (χ0v) is 6.06. The van der Waals surface area contributed by atoms with Gasteiger partial charge in [0.15, 0.2) is 0 Å². The number of pyridine rings is 1. The minimum atomic E-state index is -0.471. The predicted molar refractivity (Wildman–Crippen MR) is 41.1 cm³/mol. The summed E-state index contributed by atoms with van der Waals surface area (Å²) >= 11 is 0. The molecule has 1 aromatic heterocycles. The van der Waals surface area contributed by atoms with Crippen molar-refractivity contribution in [2.75, 3.05) is 5.73 Å². The average Bonchev–Trinajstić information content (AvgIpc) is 1.94. The Kier molecular flexibility index (Phi) is 1.85. The van der Waals surface area contributed by atoms with Crippen LogP contribution in [0, 0.1) is 11.2 Å². The highest BCUT2D eigenvalue weighted by atomic mass is 19.1. The van der Waals surface area contributed by atoms with E-state index < -0.39 is 5.82 Å². The lowest BCUT2D eigenvalue weighted by Crippen LogP contribution is -2.02. The molecule has 0 aliphatic rings. The quantitative estimate of drug-likeness (QED) is 0.595. The molecule has 0 aliphatic carbocycles. The van der Waals surface area contributed by atoms with Crippen LogP contribution in [0.2, 0.25) is 0 Å². The number of nitrogens with two attached hydrogens (primary N) is 1. The zero-order chi connectivity index (χ0) is 8.43. The van der Waals surface area contributed by atoms with Gasteiger partial charge >= 0.3 is 0 Å². The maximum absolute atomic E-state index is 12.5. The number of hydrogen-bond donors (Lipinski definition) is 2. The molecular weight excluding hydrogens is 145 g/mol. The Hall–Kier alpha value is -1.45. The van der Waals surface area contributed by atoms with Crippen molar-refractivity contribution in [1.82, 2.24) is 4.98 Å². The SMILES string of the molecule is CC(=N)c1cc(F)cnc1N. The van der Waals surface area contributed by atoms with E-state index in [0.29, 0.717) is 5.56 Å². The first-order valence-electron chi connectivity index (χ1n) is 3.08. The van der Waals surface area contributed by atoms with Crippen LogP contribution in [-0.2, 0) is 0 Å². The van der Waals surface area contributed by atoms with Crippen LogP contribution in [0.1, 0.15) is 12.5 Å². The number of rotatable bonds is 1. The highest BCUT2D eigenvalue weighted by molar-refractivity contribution is 5.99. The van der Waals surface area contributed by atoms with Gasteiger partial charge in [-0.05, 0) is 13.0 Å². The number of anilines is 1. The number of nitrogen functional groups attached to an aromatic ring is 1. The molecule has 0 saturated heterocycles. The first-order chi connectivity index (χ1) is 5.11. The molecule has 0 aromatic carbocycles. The maximum Gasteiger partial charge on any atom is 0.142 e. The van der Waals surface area contributed by atoms with E-state index in [1.807, 2.05) is 0 Å². The molecule has 58 valence electrons. The summed E-state index contributed by atoms with van der Waals surface area (Å²) in [7, 11) is 0. The molecular formula is C7H8FN3. The van der Waals surface area contributed by atoms with Gasteiger partial charge in [0, 0.05) is 11.3 Å². The molecule has 0 aliphatic heterocycles. The number of hydrogen-bond acceptors (Lipinski definition) is 3. The van der Waals surface area contributed by atoms with Crippen LogP contribution in [0.3, 0.4) is 0 Å². The third-order valence-corrected chi connectivity index (χ3v) is 1.29. The predicted octanol–water partition coefficient (Wildman–Crippen LogP) is 1.19. The molecule has 4 heteroatoms. The normalized spacial score (nSPS) is 9.64. The van der Waals surface area contributed by atoms with Gasteiger partial charge in [0.25, 0.3) is 0 Å². The summed E-state index contributed by atoms with van der Waals surface area (Å²) in [5.41, 5.74) is 5.94. The maximum atomic E-state index is 12.5. The summed E-state index contributed by atoms with van der Waals surface area (Å²) < 4.78 is 12.5. The summed E-state index contributed by atoms with van der Waals surface area (Å²) in [6.07, 6.45) is 1.03. The third kappa shape index (κ3) is 1.52. The van der Waals surface area contributed by atoms with Crippen LogP contribution in [0.4, 0.5) is 10.2 Å². The van der Waals surface area contributed by atoms with Crippen LogP contribution in [0.5, 0.6) is 0 Å². The number of nitrogens with one attached hydrogen (secondary N) is 1. The molecule has 1 rings (SSSR count). The standard InChI is InChI=1S/C7H8FN3/c1-4(9)6-2-5(8)3-11-7(6)10/h2-3,9H,1H3,(H2,10,11). The third-order valence-electron chi connectivity index (χ3n) is 1.29. The second kappa shape index (κ2) is 2.65. The second-order valence-corrected chi connectivity index (χ2v) is 2.21. The molecule has 0 atom stereocenters. The molecule has 0 radical (unpaired) electrons. The van der Waals surface area contributed by atoms with E-state index >= 15 is 0 Å². The van der Waals surface area contributed by atoms with Gasteiger partial charge in [-0.25, -0.2) is 9.37 Å². The van der Waals surface area contributed by atoms with E-state index in [4.69, 9.17) is 11.1 Å². The Morgan fingerprint density at radius 2 is 2.36 bits per heavy atom. The van der Waals surface area contributed by atoms with E-state index in [2.05, 4.69) is 4.98 Å². The van der Waals surface area contributed by atoms with Crippen molar-refractivity contribution in [2.24, 2.45) is 0 Å². The molecule has 11 heavy (non-hydrogen) atoms. The van der Waals surface area contributed by atoms with Gasteiger partial charge in [0.1, 0.15) is 11.6 Å². The molecule has 3 N–H and O–H groups in total. The number of aromatic nitrogens is 1. The van der Waals surface area contributed by atoms with Crippen LogP contribution in [0.25, 0.3) is 0 Å². The molecule has 1 aromatic rings. The number of nitrogens with zero attached hydrogens (tertiary/aromatic N) is 1. The average molecular weight is 153 g/mol. The van der Waals surface area contributed by atoms with Crippen molar-refractivity contribution in [3.8, 4) is 0 Å². The fourth-order valence-corrected chi connectivity index (χ4v) is 0.750. The van der Waals surface area contributed by atoms with Crippen LogP contribution in [-0.4, -0.2) is 10.7 Å². The largest absolute Gasteiger partial charge is 0.383 e. The Balaban J connectivity index is 3.23. The summed E-state index contributed by atoms with van der Waals surface area (Å²) in [5, 5.41) is 7.19. The smallest absolute Gasteiger partial charge is 0.142 e. The van der Waals surface area contributed by atoms with E-state index in [-0.39, 0.29) is 11.5 Å². The summed E-state index contributed by atoms with van der Waals surface area (Å²) in [4.78, 5) is 3.56. The zero-order valence-electron chi connectivity index (χ0n) is 6.06. The topological polar surface area (TPSA) is 62.8 Å². The molecule has 1 heterocycles. The van der Waals surface area contributed by atoms with Gasteiger partial charge in [-0.2, -0.15) is 0 Å². The summed E-state index contributed by atoms with van der Waals surface area (Å²) in [6, 6.07) is 1.20. The lowest BCUT2D eigenvalue weighted by Gasteiger charge is -2.00. The van der Waals surface area contributed by atoms with Crippen molar-refractivity contribution in [2.45, 2.75) is 6.92 Å².